The van der Waals surface area contributed by atoms with E-state index in [0.29, 0.717) is 25.8 Å². The summed E-state index contributed by atoms with van der Waals surface area (Å²) in [5.41, 5.74) is 0. The van der Waals surface area contributed by atoms with Gasteiger partial charge < -0.3 is 15.2 Å². The van der Waals surface area contributed by atoms with E-state index in [1.165, 1.54) is 12.8 Å². The molecule has 0 spiro atoms. The van der Waals surface area contributed by atoms with Crippen molar-refractivity contribution in [3.8, 4) is 0 Å². The van der Waals surface area contributed by atoms with Crippen LogP contribution >= 0.6 is 0 Å². The van der Waals surface area contributed by atoms with Crippen LogP contribution in [-0.2, 0) is 15.5 Å². The summed E-state index contributed by atoms with van der Waals surface area (Å²) in [6.07, 6.45) is 6.35. The number of aliphatic hydroxyl groups is 1. The monoisotopic (exact) mass is 263 g/mol. The fourth-order valence-corrected chi connectivity index (χ4v) is 2.28. The van der Waals surface area contributed by atoms with Crippen molar-refractivity contribution >= 4 is 10.8 Å². The predicted molar refractivity (Wildman–Crippen MR) is 70.6 cm³/mol. The zero-order chi connectivity index (χ0) is 12.7. The van der Waals surface area contributed by atoms with Gasteiger partial charge in [-0.3, -0.25) is 4.21 Å². The van der Waals surface area contributed by atoms with Gasteiger partial charge in [-0.05, 0) is 19.8 Å². The minimum Gasteiger partial charge on any atom is -0.389 e. The molecule has 0 aromatic carbocycles. The van der Waals surface area contributed by atoms with E-state index in [0.717, 1.165) is 12.8 Å². The molecule has 1 aliphatic carbocycles. The Kier molecular flexibility index (Phi) is 7.27. The Morgan fingerprint density at radius 1 is 1.41 bits per heavy atom. The van der Waals surface area contributed by atoms with Gasteiger partial charge in [0, 0.05) is 35.4 Å². The molecule has 0 bridgehead atoms. The van der Waals surface area contributed by atoms with Crippen molar-refractivity contribution in [2.75, 3.05) is 26.0 Å². The Morgan fingerprint density at radius 3 is 2.65 bits per heavy atom. The second-order valence-electron chi connectivity index (χ2n) is 4.86. The molecule has 102 valence electrons. The number of ether oxygens (including phenoxy) is 1. The number of nitrogens with one attached hydrogen (secondary N) is 1. The molecule has 0 aliphatic heterocycles. The summed E-state index contributed by atoms with van der Waals surface area (Å²) in [6.45, 7) is 3.52. The third-order valence-corrected chi connectivity index (χ3v) is 4.50. The highest BCUT2D eigenvalue weighted by atomic mass is 32.2. The number of hydrogen-bond acceptors (Lipinski definition) is 4. The molecule has 2 N–H and O–H groups in total. The van der Waals surface area contributed by atoms with Gasteiger partial charge in [-0.25, -0.2) is 0 Å². The summed E-state index contributed by atoms with van der Waals surface area (Å²) < 4.78 is 16.7. The predicted octanol–water partition coefficient (Wildman–Crippen LogP) is 0.663. The maximum absolute atomic E-state index is 11.1. The normalized spacial score (nSPS) is 22.5. The fourth-order valence-electron chi connectivity index (χ4n) is 1.93. The van der Waals surface area contributed by atoms with Crippen molar-refractivity contribution in [1.82, 2.24) is 5.32 Å². The number of hydrogen-bond donors (Lipinski definition) is 2. The van der Waals surface area contributed by atoms with Crippen LogP contribution in [0.2, 0.25) is 0 Å². The van der Waals surface area contributed by atoms with E-state index in [4.69, 9.17) is 4.74 Å². The van der Waals surface area contributed by atoms with Gasteiger partial charge in [-0.15, -0.1) is 0 Å². The first-order valence-corrected chi connectivity index (χ1v) is 8.04. The van der Waals surface area contributed by atoms with Crippen molar-refractivity contribution < 1.29 is 14.1 Å². The van der Waals surface area contributed by atoms with Crippen molar-refractivity contribution in [2.45, 2.75) is 50.1 Å². The maximum Gasteiger partial charge on any atom is 0.0897 e. The second-order valence-corrected chi connectivity index (χ2v) is 6.66. The van der Waals surface area contributed by atoms with Crippen molar-refractivity contribution in [3.05, 3.63) is 0 Å². The maximum atomic E-state index is 11.1. The topological polar surface area (TPSA) is 58.6 Å². The average Bonchev–Trinajstić information content (AvgIpc) is 2.78. The zero-order valence-corrected chi connectivity index (χ0v) is 11.7. The van der Waals surface area contributed by atoms with E-state index in [-0.39, 0.29) is 5.25 Å². The quantitative estimate of drug-likeness (QED) is 0.675. The van der Waals surface area contributed by atoms with E-state index in [9.17, 15) is 9.32 Å². The lowest BCUT2D eigenvalue weighted by molar-refractivity contribution is -0.00530. The molecule has 0 radical (unpaired) electrons. The van der Waals surface area contributed by atoms with Crippen LogP contribution in [0.4, 0.5) is 0 Å². The van der Waals surface area contributed by atoms with E-state index in [2.05, 4.69) is 5.32 Å². The molecule has 5 heteroatoms. The first-order chi connectivity index (χ1) is 8.09. The van der Waals surface area contributed by atoms with Gasteiger partial charge in [0.1, 0.15) is 0 Å². The molecule has 3 atom stereocenters. The van der Waals surface area contributed by atoms with Gasteiger partial charge in [-0.1, -0.05) is 12.8 Å². The van der Waals surface area contributed by atoms with Crippen LogP contribution in [0.3, 0.4) is 0 Å². The molecule has 1 aliphatic rings. The minimum absolute atomic E-state index is 0.123. The number of rotatable bonds is 8. The lowest BCUT2D eigenvalue weighted by atomic mass is 10.3. The van der Waals surface area contributed by atoms with Crippen LogP contribution in [0.15, 0.2) is 0 Å². The highest BCUT2D eigenvalue weighted by molar-refractivity contribution is 7.84. The molecule has 1 saturated carbocycles. The Hall–Kier alpha value is 0.0300. The molecule has 1 rings (SSSR count). The first-order valence-electron chi connectivity index (χ1n) is 6.42. The van der Waals surface area contributed by atoms with E-state index in [1.54, 1.807) is 6.26 Å². The highest BCUT2D eigenvalue weighted by Gasteiger charge is 2.16. The average molecular weight is 263 g/mol. The first kappa shape index (κ1) is 15.1. The van der Waals surface area contributed by atoms with Gasteiger partial charge in [0.15, 0.2) is 0 Å². The molecule has 1 fully saturated rings. The smallest absolute Gasteiger partial charge is 0.0897 e. The molecular weight excluding hydrogens is 238 g/mol. The minimum atomic E-state index is -0.806. The summed E-state index contributed by atoms with van der Waals surface area (Å²) in [5, 5.41) is 12.9. The van der Waals surface area contributed by atoms with Crippen LogP contribution in [0, 0.1) is 0 Å². The van der Waals surface area contributed by atoms with Crippen molar-refractivity contribution in [1.29, 1.82) is 0 Å². The summed E-state index contributed by atoms with van der Waals surface area (Å²) in [7, 11) is -0.806. The van der Waals surface area contributed by atoms with Gasteiger partial charge in [0.05, 0.1) is 18.8 Å². The lowest BCUT2D eigenvalue weighted by Crippen LogP contribution is -2.36. The largest absolute Gasteiger partial charge is 0.389 e. The molecule has 0 saturated heterocycles. The SMILES string of the molecule is CC(CNCC(O)COC1CCCC1)S(C)=O. The molecule has 17 heavy (non-hydrogen) atoms. The highest BCUT2D eigenvalue weighted by Crippen LogP contribution is 2.20. The molecule has 4 nitrogen and oxygen atoms in total. The summed E-state index contributed by atoms with van der Waals surface area (Å²) >= 11 is 0. The molecule has 3 unspecified atom stereocenters. The Bertz CT molecular complexity index is 232. The third-order valence-electron chi connectivity index (χ3n) is 3.20. The molecule has 0 amide bonds. The Balaban J connectivity index is 2.00. The number of aliphatic hydroxyl groups excluding tert-OH is 1. The van der Waals surface area contributed by atoms with Gasteiger partial charge in [0.25, 0.3) is 0 Å². The van der Waals surface area contributed by atoms with Crippen LogP contribution in [0.5, 0.6) is 0 Å². The molecule has 0 heterocycles. The van der Waals surface area contributed by atoms with Crippen molar-refractivity contribution in [2.24, 2.45) is 0 Å². The lowest BCUT2D eigenvalue weighted by Gasteiger charge is -2.17. The summed E-state index contributed by atoms with van der Waals surface area (Å²) in [6, 6.07) is 0. The van der Waals surface area contributed by atoms with E-state index < -0.39 is 16.9 Å². The zero-order valence-electron chi connectivity index (χ0n) is 10.9. The molecule has 0 aromatic rings. The summed E-state index contributed by atoms with van der Waals surface area (Å²) in [4.78, 5) is 0. The standard InChI is InChI=1S/C12H25NO3S/c1-10(17(2)15)7-13-8-11(14)9-16-12-5-3-4-6-12/h10-14H,3-9H2,1-2H3. The van der Waals surface area contributed by atoms with Gasteiger partial charge >= 0.3 is 0 Å². The van der Waals surface area contributed by atoms with Crippen molar-refractivity contribution in [3.63, 3.8) is 0 Å². The van der Waals surface area contributed by atoms with Crippen LogP contribution in [0.25, 0.3) is 0 Å². The van der Waals surface area contributed by atoms with E-state index in [1.807, 2.05) is 6.92 Å². The van der Waals surface area contributed by atoms with Crippen LogP contribution < -0.4 is 5.32 Å². The third kappa shape index (κ3) is 6.50. The van der Waals surface area contributed by atoms with Crippen LogP contribution in [-0.4, -0.2) is 52.7 Å². The molecular formula is C12H25NO3S. The van der Waals surface area contributed by atoms with Gasteiger partial charge in [0.2, 0.25) is 0 Å². The van der Waals surface area contributed by atoms with Gasteiger partial charge in [-0.2, -0.15) is 0 Å². The van der Waals surface area contributed by atoms with Crippen LogP contribution in [0.1, 0.15) is 32.6 Å². The Labute approximate surface area is 107 Å². The van der Waals surface area contributed by atoms with E-state index >= 15 is 0 Å². The second kappa shape index (κ2) is 8.19. The fraction of sp³-hybridized carbons (Fsp3) is 1.00. The molecule has 0 aromatic heterocycles. The Morgan fingerprint density at radius 2 is 2.06 bits per heavy atom. The summed E-state index contributed by atoms with van der Waals surface area (Å²) in [5.74, 6) is 0.